The number of carboxylic acids is 1. The number of pyridine rings is 2. The van der Waals surface area contributed by atoms with Crippen LogP contribution in [0.3, 0.4) is 0 Å². The summed E-state index contributed by atoms with van der Waals surface area (Å²) in [6.45, 7) is 0. The highest BCUT2D eigenvalue weighted by atomic mass is 16.4. The van der Waals surface area contributed by atoms with Crippen LogP contribution in [0.4, 0.5) is 0 Å². The second kappa shape index (κ2) is 5.54. The van der Waals surface area contributed by atoms with E-state index in [4.69, 9.17) is 0 Å². The molecule has 0 spiro atoms. The maximum atomic E-state index is 11.4. The zero-order valence-electron chi connectivity index (χ0n) is 11.1. The molecule has 0 radical (unpaired) electrons. The van der Waals surface area contributed by atoms with Gasteiger partial charge in [-0.3, -0.25) is 9.97 Å². The number of benzene rings is 1. The van der Waals surface area contributed by atoms with E-state index in [0.29, 0.717) is 5.56 Å². The summed E-state index contributed by atoms with van der Waals surface area (Å²) in [7, 11) is 0. The van der Waals surface area contributed by atoms with Crippen LogP contribution in [0.2, 0.25) is 0 Å². The first-order valence-corrected chi connectivity index (χ1v) is 6.45. The van der Waals surface area contributed by atoms with E-state index in [1.807, 2.05) is 24.3 Å². The van der Waals surface area contributed by atoms with Gasteiger partial charge in [-0.05, 0) is 29.8 Å². The lowest BCUT2D eigenvalue weighted by molar-refractivity contribution is 0.0698. The predicted octanol–water partition coefficient (Wildman–Crippen LogP) is 3.51. The second-order valence-electron chi connectivity index (χ2n) is 4.49. The summed E-state index contributed by atoms with van der Waals surface area (Å²) < 4.78 is 0. The number of hydrogen-bond acceptors (Lipinski definition) is 3. The van der Waals surface area contributed by atoms with Crippen molar-refractivity contribution in [2.75, 3.05) is 0 Å². The minimum atomic E-state index is -0.952. The number of carboxylic acid groups (broad SMARTS) is 1. The van der Waals surface area contributed by atoms with Gasteiger partial charge in [0.15, 0.2) is 0 Å². The number of nitrogens with zero attached hydrogens (tertiary/aromatic N) is 2. The number of aromatic carboxylic acids is 1. The molecule has 0 fully saturated rings. The zero-order valence-corrected chi connectivity index (χ0v) is 11.1. The van der Waals surface area contributed by atoms with Crippen LogP contribution >= 0.6 is 0 Å². The van der Waals surface area contributed by atoms with Crippen molar-refractivity contribution in [3.63, 3.8) is 0 Å². The van der Waals surface area contributed by atoms with Gasteiger partial charge >= 0.3 is 5.97 Å². The standard InChI is InChI=1S/C17H12N2O2/c20-17(21)15-7-2-1-6-13(15)14-8-4-10-19-16(14)12-5-3-9-18-11-12/h1-11H,(H,20,21). The Labute approximate surface area is 121 Å². The number of rotatable bonds is 3. The molecule has 0 bridgehead atoms. The van der Waals surface area contributed by atoms with Crippen molar-refractivity contribution in [2.24, 2.45) is 0 Å². The van der Waals surface area contributed by atoms with Gasteiger partial charge in [0.05, 0.1) is 11.3 Å². The molecule has 2 heterocycles. The van der Waals surface area contributed by atoms with Gasteiger partial charge in [0.1, 0.15) is 0 Å². The molecule has 0 amide bonds. The first kappa shape index (κ1) is 13.0. The van der Waals surface area contributed by atoms with E-state index in [0.717, 1.165) is 16.8 Å². The average Bonchev–Trinajstić information content (AvgIpc) is 2.55. The first-order valence-electron chi connectivity index (χ1n) is 6.45. The molecule has 1 N–H and O–H groups in total. The summed E-state index contributed by atoms with van der Waals surface area (Å²) in [5.41, 5.74) is 3.27. The lowest BCUT2D eigenvalue weighted by Gasteiger charge is -2.10. The van der Waals surface area contributed by atoms with Gasteiger partial charge < -0.3 is 5.11 Å². The van der Waals surface area contributed by atoms with Crippen molar-refractivity contribution in [3.05, 3.63) is 72.7 Å². The number of carbonyl (C=O) groups is 1. The molecule has 1 aromatic carbocycles. The molecule has 3 aromatic rings. The molecule has 0 aliphatic rings. The van der Waals surface area contributed by atoms with E-state index >= 15 is 0 Å². The Morgan fingerprint density at radius 2 is 1.67 bits per heavy atom. The van der Waals surface area contributed by atoms with E-state index in [9.17, 15) is 9.90 Å². The van der Waals surface area contributed by atoms with Gasteiger partial charge in [-0.2, -0.15) is 0 Å². The van der Waals surface area contributed by atoms with Crippen LogP contribution in [-0.4, -0.2) is 21.0 Å². The van der Waals surface area contributed by atoms with Gasteiger partial charge in [0.2, 0.25) is 0 Å². The molecule has 21 heavy (non-hydrogen) atoms. The molecule has 0 atom stereocenters. The smallest absolute Gasteiger partial charge is 0.336 e. The Morgan fingerprint density at radius 3 is 2.43 bits per heavy atom. The molecule has 0 aliphatic carbocycles. The van der Waals surface area contributed by atoms with Crippen LogP contribution in [0.25, 0.3) is 22.4 Å². The highest BCUT2D eigenvalue weighted by molar-refractivity contribution is 5.98. The Bertz CT molecular complexity index is 786. The van der Waals surface area contributed by atoms with Crippen LogP contribution in [-0.2, 0) is 0 Å². The maximum Gasteiger partial charge on any atom is 0.336 e. The van der Waals surface area contributed by atoms with Crippen molar-refractivity contribution >= 4 is 5.97 Å². The third kappa shape index (κ3) is 2.51. The summed E-state index contributed by atoms with van der Waals surface area (Å²) in [4.78, 5) is 19.9. The molecule has 2 aromatic heterocycles. The highest BCUT2D eigenvalue weighted by Crippen LogP contribution is 2.31. The van der Waals surface area contributed by atoms with E-state index in [2.05, 4.69) is 9.97 Å². The fourth-order valence-electron chi connectivity index (χ4n) is 2.26. The molecule has 0 saturated carbocycles. The highest BCUT2D eigenvalue weighted by Gasteiger charge is 2.15. The maximum absolute atomic E-state index is 11.4. The summed E-state index contributed by atoms with van der Waals surface area (Å²) in [5.74, 6) is -0.952. The van der Waals surface area contributed by atoms with Crippen LogP contribution in [0.5, 0.6) is 0 Å². The van der Waals surface area contributed by atoms with E-state index in [1.165, 1.54) is 0 Å². The normalized spacial score (nSPS) is 10.3. The van der Waals surface area contributed by atoms with Crippen LogP contribution in [0, 0.1) is 0 Å². The summed E-state index contributed by atoms with van der Waals surface area (Å²) >= 11 is 0. The van der Waals surface area contributed by atoms with E-state index < -0.39 is 5.97 Å². The van der Waals surface area contributed by atoms with Crippen molar-refractivity contribution in [1.82, 2.24) is 9.97 Å². The molecule has 4 nitrogen and oxygen atoms in total. The number of aromatic nitrogens is 2. The van der Waals surface area contributed by atoms with Crippen molar-refractivity contribution in [2.45, 2.75) is 0 Å². The minimum absolute atomic E-state index is 0.260. The summed E-state index contributed by atoms with van der Waals surface area (Å²) in [6, 6.07) is 14.3. The summed E-state index contributed by atoms with van der Waals surface area (Å²) in [5, 5.41) is 9.36. The van der Waals surface area contributed by atoms with Crippen LogP contribution in [0.15, 0.2) is 67.1 Å². The quantitative estimate of drug-likeness (QED) is 0.795. The first-order chi connectivity index (χ1) is 10.3. The predicted molar refractivity (Wildman–Crippen MR) is 79.9 cm³/mol. The van der Waals surface area contributed by atoms with Crippen molar-refractivity contribution in [3.8, 4) is 22.4 Å². The Kier molecular flexibility index (Phi) is 3.43. The number of hydrogen-bond donors (Lipinski definition) is 1. The SMILES string of the molecule is O=C(O)c1ccccc1-c1cccnc1-c1cccnc1. The van der Waals surface area contributed by atoms with Crippen LogP contribution < -0.4 is 0 Å². The van der Waals surface area contributed by atoms with Gasteiger partial charge in [0, 0.05) is 29.7 Å². The van der Waals surface area contributed by atoms with Gasteiger partial charge in [0.25, 0.3) is 0 Å². The molecule has 102 valence electrons. The third-order valence-electron chi connectivity index (χ3n) is 3.19. The Morgan fingerprint density at radius 1 is 0.905 bits per heavy atom. The zero-order chi connectivity index (χ0) is 14.7. The van der Waals surface area contributed by atoms with E-state index in [-0.39, 0.29) is 5.56 Å². The minimum Gasteiger partial charge on any atom is -0.478 e. The molecular weight excluding hydrogens is 264 g/mol. The van der Waals surface area contributed by atoms with Crippen molar-refractivity contribution < 1.29 is 9.90 Å². The van der Waals surface area contributed by atoms with Gasteiger partial charge in [-0.15, -0.1) is 0 Å². The van der Waals surface area contributed by atoms with E-state index in [1.54, 1.807) is 42.9 Å². The second-order valence-corrected chi connectivity index (χ2v) is 4.49. The van der Waals surface area contributed by atoms with Crippen LogP contribution in [0.1, 0.15) is 10.4 Å². The Balaban J connectivity index is 2.24. The lowest BCUT2D eigenvalue weighted by Crippen LogP contribution is -2.00. The fourth-order valence-corrected chi connectivity index (χ4v) is 2.26. The average molecular weight is 276 g/mol. The Hall–Kier alpha value is -3.01. The summed E-state index contributed by atoms with van der Waals surface area (Å²) in [6.07, 6.45) is 5.10. The largest absolute Gasteiger partial charge is 0.478 e. The third-order valence-corrected chi connectivity index (χ3v) is 3.19. The fraction of sp³-hybridized carbons (Fsp3) is 0. The monoisotopic (exact) mass is 276 g/mol. The van der Waals surface area contributed by atoms with Gasteiger partial charge in [-0.1, -0.05) is 24.3 Å². The van der Waals surface area contributed by atoms with Gasteiger partial charge in [-0.25, -0.2) is 4.79 Å². The molecule has 0 saturated heterocycles. The lowest BCUT2D eigenvalue weighted by atomic mass is 9.96. The van der Waals surface area contributed by atoms with Crippen molar-refractivity contribution in [1.29, 1.82) is 0 Å². The molecule has 0 unspecified atom stereocenters. The molecule has 0 aliphatic heterocycles. The molecular formula is C17H12N2O2. The molecule has 4 heteroatoms. The molecule has 3 rings (SSSR count). The topological polar surface area (TPSA) is 63.1 Å².